The number of benzene rings is 2. The van der Waals surface area contributed by atoms with Gasteiger partial charge in [-0.3, -0.25) is 0 Å². The van der Waals surface area contributed by atoms with Crippen LogP contribution < -0.4 is 15.4 Å². The fourth-order valence-corrected chi connectivity index (χ4v) is 1.94. The average molecular weight is 277 g/mol. The second kappa shape index (κ2) is 6.90. The first-order valence-corrected chi connectivity index (χ1v) is 6.53. The zero-order chi connectivity index (χ0) is 13.5. The number of halogens is 1. The number of anilines is 2. The van der Waals surface area contributed by atoms with Crippen molar-refractivity contribution >= 4 is 23.0 Å². The molecule has 4 heteroatoms. The molecule has 0 saturated carbocycles. The summed E-state index contributed by atoms with van der Waals surface area (Å²) in [5.74, 6) is 0.854. The molecule has 0 saturated heterocycles. The number of rotatable bonds is 6. The first-order valence-electron chi connectivity index (χ1n) is 6.15. The Morgan fingerprint density at radius 2 is 1.58 bits per heavy atom. The fourth-order valence-electron chi connectivity index (χ4n) is 1.75. The first kappa shape index (κ1) is 13.6. The van der Waals surface area contributed by atoms with E-state index >= 15 is 0 Å². The smallest absolute Gasteiger partial charge is 0.120 e. The molecule has 0 aliphatic rings. The molecule has 0 fully saturated rings. The molecule has 0 heterocycles. The lowest BCUT2D eigenvalue weighted by atomic mass is 10.3. The van der Waals surface area contributed by atoms with Gasteiger partial charge in [-0.1, -0.05) is 23.7 Å². The lowest BCUT2D eigenvalue weighted by Crippen LogP contribution is -2.13. The Hall–Kier alpha value is -1.87. The Morgan fingerprint density at radius 1 is 0.947 bits per heavy atom. The van der Waals surface area contributed by atoms with E-state index in [1.165, 1.54) is 0 Å². The average Bonchev–Trinajstić information content (AvgIpc) is 2.44. The van der Waals surface area contributed by atoms with Crippen molar-refractivity contribution in [3.8, 4) is 5.75 Å². The molecule has 0 atom stereocenters. The van der Waals surface area contributed by atoms with Crippen molar-refractivity contribution in [2.75, 3.05) is 30.8 Å². The van der Waals surface area contributed by atoms with Crippen molar-refractivity contribution in [2.45, 2.75) is 0 Å². The summed E-state index contributed by atoms with van der Waals surface area (Å²) in [6, 6.07) is 15.6. The highest BCUT2D eigenvalue weighted by Crippen LogP contribution is 2.17. The minimum atomic E-state index is 0.741. The molecule has 0 unspecified atom stereocenters. The lowest BCUT2D eigenvalue weighted by Gasteiger charge is -2.10. The van der Waals surface area contributed by atoms with Crippen molar-refractivity contribution < 1.29 is 4.74 Å². The van der Waals surface area contributed by atoms with Gasteiger partial charge in [-0.25, -0.2) is 0 Å². The molecule has 3 nitrogen and oxygen atoms in total. The normalized spacial score (nSPS) is 10.0. The molecule has 2 rings (SSSR count). The van der Waals surface area contributed by atoms with Crippen LogP contribution in [0.15, 0.2) is 48.5 Å². The lowest BCUT2D eigenvalue weighted by molar-refractivity contribution is 0.415. The summed E-state index contributed by atoms with van der Waals surface area (Å²) in [6.45, 7) is 1.64. The predicted octanol–water partition coefficient (Wildman–Crippen LogP) is 3.87. The van der Waals surface area contributed by atoms with E-state index in [1.807, 2.05) is 48.5 Å². The van der Waals surface area contributed by atoms with Crippen LogP contribution in [0.1, 0.15) is 0 Å². The van der Waals surface area contributed by atoms with Crippen LogP contribution in [0.4, 0.5) is 11.4 Å². The van der Waals surface area contributed by atoms with Crippen LogP contribution in [0.25, 0.3) is 0 Å². The van der Waals surface area contributed by atoms with Gasteiger partial charge in [0.05, 0.1) is 7.11 Å². The minimum absolute atomic E-state index is 0.741. The maximum absolute atomic E-state index is 5.92. The van der Waals surface area contributed by atoms with Gasteiger partial charge >= 0.3 is 0 Å². The van der Waals surface area contributed by atoms with Crippen LogP contribution in [0.5, 0.6) is 5.75 Å². The highest BCUT2D eigenvalue weighted by molar-refractivity contribution is 6.30. The van der Waals surface area contributed by atoms with Crippen molar-refractivity contribution in [3.05, 3.63) is 53.6 Å². The van der Waals surface area contributed by atoms with E-state index in [4.69, 9.17) is 16.3 Å². The summed E-state index contributed by atoms with van der Waals surface area (Å²) < 4.78 is 5.17. The third-order valence-electron chi connectivity index (χ3n) is 2.68. The summed E-state index contributed by atoms with van der Waals surface area (Å²) in [6.07, 6.45) is 0. The Bertz CT molecular complexity index is 531. The Kier molecular flexibility index (Phi) is 4.93. The molecule has 2 aromatic rings. The molecule has 19 heavy (non-hydrogen) atoms. The highest BCUT2D eigenvalue weighted by atomic mass is 35.5. The monoisotopic (exact) mass is 276 g/mol. The van der Waals surface area contributed by atoms with E-state index in [2.05, 4.69) is 10.6 Å². The molecule has 2 N–H and O–H groups in total. The maximum atomic E-state index is 5.92. The van der Waals surface area contributed by atoms with Gasteiger partial charge in [-0.05, 0) is 30.3 Å². The molecule has 0 aliphatic heterocycles. The van der Waals surface area contributed by atoms with E-state index in [9.17, 15) is 0 Å². The molecular formula is C15H17ClN2O. The molecule has 100 valence electrons. The summed E-state index contributed by atoms with van der Waals surface area (Å²) in [7, 11) is 1.67. The van der Waals surface area contributed by atoms with Gasteiger partial charge in [-0.2, -0.15) is 0 Å². The SMILES string of the molecule is COc1cccc(NCCNc2cccc(Cl)c2)c1. The number of ether oxygens (including phenoxy) is 1. The van der Waals surface area contributed by atoms with Crippen molar-refractivity contribution in [2.24, 2.45) is 0 Å². The molecule has 0 amide bonds. The van der Waals surface area contributed by atoms with Crippen LogP contribution in [0.3, 0.4) is 0 Å². The number of hydrogen-bond donors (Lipinski definition) is 2. The van der Waals surface area contributed by atoms with Crippen LogP contribution in [0, 0.1) is 0 Å². The van der Waals surface area contributed by atoms with Gasteiger partial charge in [0.15, 0.2) is 0 Å². The first-order chi connectivity index (χ1) is 9.28. The van der Waals surface area contributed by atoms with Gasteiger partial charge in [0.25, 0.3) is 0 Å². The zero-order valence-electron chi connectivity index (χ0n) is 10.8. The predicted molar refractivity (Wildman–Crippen MR) is 81.4 cm³/mol. The molecule has 0 bridgehead atoms. The summed E-state index contributed by atoms with van der Waals surface area (Å²) >= 11 is 5.92. The van der Waals surface area contributed by atoms with E-state index in [0.717, 1.165) is 35.2 Å². The quantitative estimate of drug-likeness (QED) is 0.786. The van der Waals surface area contributed by atoms with Crippen molar-refractivity contribution in [1.82, 2.24) is 0 Å². The van der Waals surface area contributed by atoms with Gasteiger partial charge in [0.2, 0.25) is 0 Å². The Morgan fingerprint density at radius 3 is 2.21 bits per heavy atom. The summed E-state index contributed by atoms with van der Waals surface area (Å²) in [5.41, 5.74) is 2.08. The highest BCUT2D eigenvalue weighted by Gasteiger charge is 1.95. The van der Waals surface area contributed by atoms with Gasteiger partial charge < -0.3 is 15.4 Å². The van der Waals surface area contributed by atoms with Crippen LogP contribution >= 0.6 is 11.6 Å². The van der Waals surface area contributed by atoms with Gasteiger partial charge in [-0.15, -0.1) is 0 Å². The van der Waals surface area contributed by atoms with E-state index < -0.39 is 0 Å². The Labute approximate surface area is 118 Å². The molecule has 0 aliphatic carbocycles. The summed E-state index contributed by atoms with van der Waals surface area (Å²) in [4.78, 5) is 0. The second-order valence-electron chi connectivity index (χ2n) is 4.10. The Balaban J connectivity index is 1.77. The van der Waals surface area contributed by atoms with E-state index in [1.54, 1.807) is 7.11 Å². The maximum Gasteiger partial charge on any atom is 0.120 e. The molecule has 0 aromatic heterocycles. The molecule has 2 aromatic carbocycles. The number of nitrogens with one attached hydrogen (secondary N) is 2. The van der Waals surface area contributed by atoms with E-state index in [0.29, 0.717) is 0 Å². The topological polar surface area (TPSA) is 33.3 Å². The molecule has 0 spiro atoms. The van der Waals surface area contributed by atoms with Crippen molar-refractivity contribution in [3.63, 3.8) is 0 Å². The number of methoxy groups -OCH3 is 1. The third-order valence-corrected chi connectivity index (χ3v) is 2.91. The summed E-state index contributed by atoms with van der Waals surface area (Å²) in [5, 5.41) is 7.38. The number of hydrogen-bond acceptors (Lipinski definition) is 3. The van der Waals surface area contributed by atoms with Crippen LogP contribution in [-0.4, -0.2) is 20.2 Å². The van der Waals surface area contributed by atoms with Gasteiger partial charge in [0.1, 0.15) is 5.75 Å². The van der Waals surface area contributed by atoms with Crippen molar-refractivity contribution in [1.29, 1.82) is 0 Å². The third kappa shape index (κ3) is 4.38. The second-order valence-corrected chi connectivity index (χ2v) is 4.53. The van der Waals surface area contributed by atoms with Gasteiger partial charge in [0, 0.05) is 35.6 Å². The largest absolute Gasteiger partial charge is 0.497 e. The van der Waals surface area contributed by atoms with Crippen LogP contribution in [0.2, 0.25) is 5.02 Å². The fraction of sp³-hybridized carbons (Fsp3) is 0.200. The minimum Gasteiger partial charge on any atom is -0.497 e. The van der Waals surface area contributed by atoms with Crippen LogP contribution in [-0.2, 0) is 0 Å². The van der Waals surface area contributed by atoms with E-state index in [-0.39, 0.29) is 0 Å². The zero-order valence-corrected chi connectivity index (χ0v) is 11.6. The molecular weight excluding hydrogens is 260 g/mol. The molecule has 0 radical (unpaired) electrons. The standard InChI is InChI=1S/C15H17ClN2O/c1-19-15-7-3-6-14(11-15)18-9-8-17-13-5-2-4-12(16)10-13/h2-7,10-11,17-18H,8-9H2,1H3.